The summed E-state index contributed by atoms with van der Waals surface area (Å²) in [4.78, 5) is 14.5. The standard InChI is InChI=1S/C39H39Cl2F6N3O/c1-26(51)49-37(31-10-6-3-7-11-31)14-16-50(17-15-37)34(20-28-18-32(38(42,43)44)23-33(19-28)39(45,46)47)21-30(29-12-13-35(40)36(41)22-29)25-48-24-27-8-4-2-5-9-27/h2-13,18-19,22-23,30,34,48H,14-17,20-21,24-25H2,1H3,(H,49,51). The minimum atomic E-state index is -4.96. The molecule has 1 fully saturated rings. The zero-order valence-electron chi connectivity index (χ0n) is 27.9. The molecule has 51 heavy (non-hydrogen) atoms. The van der Waals surface area contributed by atoms with E-state index in [2.05, 4.69) is 15.5 Å². The SMILES string of the molecule is CC(=O)NC1(c2ccccc2)CCN(C(Cc2cc(C(F)(F)F)cc(C(F)(F)F)c2)CC(CNCc2ccccc2)c2ccc(Cl)c(Cl)c2)CC1. The Balaban J connectivity index is 1.51. The van der Waals surface area contributed by atoms with Gasteiger partial charge in [-0.1, -0.05) is 89.9 Å². The number of piperidine rings is 1. The third-order valence-electron chi connectivity index (χ3n) is 9.56. The van der Waals surface area contributed by atoms with Crippen LogP contribution in [0, 0.1) is 0 Å². The van der Waals surface area contributed by atoms with Crippen molar-refractivity contribution in [3.05, 3.63) is 140 Å². The third-order valence-corrected chi connectivity index (χ3v) is 10.3. The molecule has 0 saturated carbocycles. The van der Waals surface area contributed by atoms with Crippen LogP contribution in [0.1, 0.15) is 65.5 Å². The first-order valence-electron chi connectivity index (χ1n) is 16.7. The van der Waals surface area contributed by atoms with Crippen molar-refractivity contribution < 1.29 is 31.1 Å². The molecule has 12 heteroatoms. The largest absolute Gasteiger partial charge is 0.416 e. The van der Waals surface area contributed by atoms with Crippen molar-refractivity contribution in [2.24, 2.45) is 0 Å². The van der Waals surface area contributed by atoms with Gasteiger partial charge in [0, 0.05) is 39.1 Å². The van der Waals surface area contributed by atoms with E-state index in [1.165, 1.54) is 6.92 Å². The van der Waals surface area contributed by atoms with Gasteiger partial charge in [-0.25, -0.2) is 0 Å². The number of carbonyl (C=O) groups is 1. The van der Waals surface area contributed by atoms with E-state index in [0.29, 0.717) is 55.5 Å². The van der Waals surface area contributed by atoms with Gasteiger partial charge in [-0.3, -0.25) is 9.69 Å². The lowest BCUT2D eigenvalue weighted by Gasteiger charge is -2.46. The Morgan fingerprint density at radius 1 is 0.784 bits per heavy atom. The molecule has 0 aliphatic carbocycles. The van der Waals surface area contributed by atoms with E-state index >= 15 is 0 Å². The van der Waals surface area contributed by atoms with E-state index in [0.717, 1.165) is 28.8 Å². The van der Waals surface area contributed by atoms with Crippen LogP contribution in [-0.2, 0) is 35.7 Å². The van der Waals surface area contributed by atoms with E-state index in [1.54, 1.807) is 12.1 Å². The van der Waals surface area contributed by atoms with Gasteiger partial charge in [-0.2, -0.15) is 26.3 Å². The molecule has 5 rings (SSSR count). The summed E-state index contributed by atoms with van der Waals surface area (Å²) in [5.41, 5.74) is -0.598. The van der Waals surface area contributed by atoms with Gasteiger partial charge in [0.2, 0.25) is 5.91 Å². The highest BCUT2D eigenvalue weighted by Gasteiger charge is 2.40. The van der Waals surface area contributed by atoms with Gasteiger partial charge in [0.25, 0.3) is 0 Å². The first kappa shape index (κ1) is 38.7. The van der Waals surface area contributed by atoms with E-state index < -0.39 is 35.1 Å². The number of carbonyl (C=O) groups excluding carboxylic acids is 1. The van der Waals surface area contributed by atoms with Crippen molar-refractivity contribution in [2.75, 3.05) is 19.6 Å². The summed E-state index contributed by atoms with van der Waals surface area (Å²) in [6.07, 6.45) is -8.62. The lowest BCUT2D eigenvalue weighted by atomic mass is 9.79. The second-order valence-electron chi connectivity index (χ2n) is 13.2. The molecule has 1 aliphatic heterocycles. The first-order chi connectivity index (χ1) is 24.1. The van der Waals surface area contributed by atoms with Gasteiger partial charge in [-0.15, -0.1) is 0 Å². The lowest BCUT2D eigenvalue weighted by molar-refractivity contribution is -0.143. The Hall–Kier alpha value is -3.57. The minimum absolute atomic E-state index is 0.0611. The molecule has 1 heterocycles. The lowest BCUT2D eigenvalue weighted by Crippen LogP contribution is -2.55. The topological polar surface area (TPSA) is 44.4 Å². The molecule has 0 spiro atoms. The second kappa shape index (κ2) is 16.4. The number of alkyl halides is 6. The Morgan fingerprint density at radius 3 is 1.92 bits per heavy atom. The van der Waals surface area contributed by atoms with Gasteiger partial charge >= 0.3 is 12.4 Å². The maximum absolute atomic E-state index is 13.9. The van der Waals surface area contributed by atoms with Gasteiger partial charge in [-0.05, 0) is 84.2 Å². The fourth-order valence-electron chi connectivity index (χ4n) is 7.04. The van der Waals surface area contributed by atoms with Crippen LogP contribution >= 0.6 is 23.2 Å². The third kappa shape index (κ3) is 10.3. The van der Waals surface area contributed by atoms with E-state index in [9.17, 15) is 31.1 Å². The first-order valence-corrected chi connectivity index (χ1v) is 17.4. The average Bonchev–Trinajstić information content (AvgIpc) is 3.09. The summed E-state index contributed by atoms with van der Waals surface area (Å²) in [5, 5.41) is 7.32. The number of halogens is 8. The zero-order chi connectivity index (χ0) is 36.8. The molecule has 2 atom stereocenters. The predicted octanol–water partition coefficient (Wildman–Crippen LogP) is 10.0. The minimum Gasteiger partial charge on any atom is -0.347 e. The van der Waals surface area contributed by atoms with E-state index in [-0.39, 0.29) is 29.9 Å². The molecule has 1 aliphatic rings. The number of nitrogens with one attached hydrogen (secondary N) is 2. The number of nitrogens with zero attached hydrogens (tertiary/aromatic N) is 1. The summed E-state index contributed by atoms with van der Waals surface area (Å²) in [5.74, 6) is -0.436. The molecule has 4 aromatic rings. The number of rotatable bonds is 12. The second-order valence-corrected chi connectivity index (χ2v) is 14.0. The number of hydrogen-bond donors (Lipinski definition) is 2. The number of benzene rings is 4. The summed E-state index contributed by atoms with van der Waals surface area (Å²) in [7, 11) is 0. The molecule has 4 nitrogen and oxygen atoms in total. The highest BCUT2D eigenvalue weighted by Crippen LogP contribution is 2.39. The number of likely N-dealkylation sites (tertiary alicyclic amines) is 1. The van der Waals surface area contributed by atoms with Crippen molar-refractivity contribution in [1.29, 1.82) is 0 Å². The van der Waals surface area contributed by atoms with Crippen LogP contribution in [0.2, 0.25) is 10.0 Å². The maximum Gasteiger partial charge on any atom is 0.416 e. The van der Waals surface area contributed by atoms with Gasteiger partial charge in [0.1, 0.15) is 0 Å². The van der Waals surface area contributed by atoms with Gasteiger partial charge in [0.05, 0.1) is 26.7 Å². The normalized spacial score (nSPS) is 16.4. The molecule has 2 N–H and O–H groups in total. The van der Waals surface area contributed by atoms with Crippen molar-refractivity contribution in [3.8, 4) is 0 Å². The average molecular weight is 751 g/mol. The van der Waals surface area contributed by atoms with Crippen LogP contribution in [-0.4, -0.2) is 36.5 Å². The summed E-state index contributed by atoms with van der Waals surface area (Å²) in [6.45, 7) is 3.34. The molecule has 1 saturated heterocycles. The Bertz CT molecular complexity index is 1730. The zero-order valence-corrected chi connectivity index (χ0v) is 29.4. The highest BCUT2D eigenvalue weighted by atomic mass is 35.5. The number of amides is 1. The quantitative estimate of drug-likeness (QED) is 0.142. The molecular formula is C39H39Cl2F6N3O. The summed E-state index contributed by atoms with van der Waals surface area (Å²) < 4.78 is 83.5. The fraction of sp³-hybridized carbons (Fsp3) is 0.359. The highest BCUT2D eigenvalue weighted by molar-refractivity contribution is 6.42. The Kier molecular flexibility index (Phi) is 12.4. The van der Waals surface area contributed by atoms with Crippen LogP contribution in [0.5, 0.6) is 0 Å². The van der Waals surface area contributed by atoms with Crippen LogP contribution < -0.4 is 10.6 Å². The predicted molar refractivity (Wildman–Crippen MR) is 189 cm³/mol. The molecular weight excluding hydrogens is 711 g/mol. The molecule has 2 unspecified atom stereocenters. The van der Waals surface area contributed by atoms with E-state index in [4.69, 9.17) is 23.2 Å². The monoisotopic (exact) mass is 749 g/mol. The molecule has 0 radical (unpaired) electrons. The smallest absolute Gasteiger partial charge is 0.347 e. The molecule has 0 bridgehead atoms. The number of hydrogen-bond acceptors (Lipinski definition) is 3. The summed E-state index contributed by atoms with van der Waals surface area (Å²) in [6, 6.07) is 25.9. The van der Waals surface area contributed by atoms with Crippen molar-refractivity contribution in [2.45, 2.75) is 69.0 Å². The van der Waals surface area contributed by atoms with Crippen LogP contribution in [0.4, 0.5) is 26.3 Å². The summed E-state index contributed by atoms with van der Waals surface area (Å²) >= 11 is 12.7. The van der Waals surface area contributed by atoms with Crippen molar-refractivity contribution in [1.82, 2.24) is 15.5 Å². The van der Waals surface area contributed by atoms with Crippen LogP contribution in [0.15, 0.2) is 97.1 Å². The fourth-order valence-corrected chi connectivity index (χ4v) is 7.35. The Morgan fingerprint density at radius 2 is 1.37 bits per heavy atom. The van der Waals surface area contributed by atoms with Crippen LogP contribution in [0.25, 0.3) is 0 Å². The van der Waals surface area contributed by atoms with Crippen molar-refractivity contribution >= 4 is 29.1 Å². The van der Waals surface area contributed by atoms with E-state index in [1.807, 2.05) is 66.7 Å². The maximum atomic E-state index is 13.9. The van der Waals surface area contributed by atoms with Crippen molar-refractivity contribution in [3.63, 3.8) is 0 Å². The Labute approximate surface area is 304 Å². The molecule has 272 valence electrons. The molecule has 4 aromatic carbocycles. The molecule has 0 aromatic heterocycles. The van der Waals surface area contributed by atoms with Gasteiger partial charge < -0.3 is 10.6 Å². The van der Waals surface area contributed by atoms with Gasteiger partial charge in [0.15, 0.2) is 0 Å². The molecule has 1 amide bonds. The van der Waals surface area contributed by atoms with Crippen LogP contribution in [0.3, 0.4) is 0 Å².